The predicted octanol–water partition coefficient (Wildman–Crippen LogP) is 0.396. The molecule has 0 saturated carbocycles. The van der Waals surface area contributed by atoms with Crippen LogP contribution in [0.1, 0.15) is 23.7 Å². The number of rotatable bonds is 8. The summed E-state index contributed by atoms with van der Waals surface area (Å²) in [5, 5.41) is 45.1. The van der Waals surface area contributed by atoms with Crippen LogP contribution in [0.4, 0.5) is 0 Å². The summed E-state index contributed by atoms with van der Waals surface area (Å²) in [6.07, 6.45) is 0.997. The number of ether oxygens (including phenoxy) is 4. The van der Waals surface area contributed by atoms with E-state index in [9.17, 15) is 25.2 Å². The summed E-state index contributed by atoms with van der Waals surface area (Å²) in [4.78, 5) is 16.6. The number of fused-ring (bicyclic) bond motifs is 3. The van der Waals surface area contributed by atoms with Crippen LogP contribution < -0.4 is 5.32 Å². The van der Waals surface area contributed by atoms with E-state index in [1.54, 1.807) is 6.08 Å². The molecule has 0 aliphatic carbocycles. The first-order valence-electron chi connectivity index (χ1n) is 13.2. The van der Waals surface area contributed by atoms with E-state index in [-0.39, 0.29) is 18.2 Å². The molecule has 1 saturated heterocycles. The molecule has 1 fully saturated rings. The molecule has 11 heteroatoms. The average molecular weight is 555 g/mol. The number of carbonyl (C=O) groups is 1. The zero-order chi connectivity index (χ0) is 28.4. The Bertz CT molecular complexity index is 1300. The normalized spacial score (nSPS) is 33.8. The van der Waals surface area contributed by atoms with E-state index in [0.29, 0.717) is 6.42 Å². The minimum atomic E-state index is -1.62. The zero-order valence-electron chi connectivity index (χ0n) is 21.8. The van der Waals surface area contributed by atoms with Gasteiger partial charge in [0.1, 0.15) is 24.4 Å². The quantitative estimate of drug-likeness (QED) is 0.153. The van der Waals surface area contributed by atoms with Crippen LogP contribution >= 0.6 is 0 Å². The molecule has 0 unspecified atom stereocenters. The number of nitrogens with one attached hydrogen (secondary N) is 2. The standard InChI is InChI=1S/C29H34N2O9/c1-3-11-37-27(36)19-14-38-28(40-29-26(35)25(34)24(33)22(13-32)39-29)15(4-2)18(19)12-21-23-17(9-10-30-21)16-7-5-6-8-20(16)31-23/h1,4-8,14-15,18,21-22,24-26,28-35H,2,9-13H2/t15-,18+,21+,22-,24-,25+,26-,28+,29+/m1/s1. The average Bonchev–Trinajstić information content (AvgIpc) is 3.36. The van der Waals surface area contributed by atoms with E-state index in [4.69, 9.17) is 25.4 Å². The first-order chi connectivity index (χ1) is 19.4. The Morgan fingerprint density at radius 1 is 1.20 bits per heavy atom. The molecule has 0 bridgehead atoms. The van der Waals surface area contributed by atoms with Crippen molar-refractivity contribution in [2.75, 3.05) is 19.8 Å². The first kappa shape index (κ1) is 28.3. The second-order valence-corrected chi connectivity index (χ2v) is 10.2. The van der Waals surface area contributed by atoms with E-state index in [2.05, 4.69) is 28.9 Å². The van der Waals surface area contributed by atoms with Gasteiger partial charge in [-0.15, -0.1) is 13.0 Å². The summed E-state index contributed by atoms with van der Waals surface area (Å²) >= 11 is 0. The molecule has 214 valence electrons. The van der Waals surface area contributed by atoms with Crippen LogP contribution in [0.2, 0.25) is 0 Å². The molecule has 9 atom stereocenters. The Kier molecular flexibility index (Phi) is 8.58. The lowest BCUT2D eigenvalue weighted by atomic mass is 9.78. The van der Waals surface area contributed by atoms with Crippen molar-refractivity contribution in [3.63, 3.8) is 0 Å². The Hall–Kier alpha value is -3.21. The molecule has 11 nitrogen and oxygen atoms in total. The van der Waals surface area contributed by atoms with Crippen molar-refractivity contribution in [2.24, 2.45) is 11.8 Å². The summed E-state index contributed by atoms with van der Waals surface area (Å²) < 4.78 is 22.5. The molecule has 2 aromatic rings. The molecule has 0 radical (unpaired) electrons. The van der Waals surface area contributed by atoms with Crippen LogP contribution in [0.5, 0.6) is 0 Å². The minimum absolute atomic E-state index is 0.154. The molecule has 1 aromatic carbocycles. The third-order valence-corrected chi connectivity index (χ3v) is 7.87. The smallest absolute Gasteiger partial charge is 0.338 e. The van der Waals surface area contributed by atoms with Gasteiger partial charge in [-0.1, -0.05) is 30.2 Å². The highest BCUT2D eigenvalue weighted by atomic mass is 16.8. The van der Waals surface area contributed by atoms with Crippen molar-refractivity contribution in [1.82, 2.24) is 10.3 Å². The number of aromatic nitrogens is 1. The van der Waals surface area contributed by atoms with Crippen molar-refractivity contribution in [3.8, 4) is 12.3 Å². The summed E-state index contributed by atoms with van der Waals surface area (Å²) in [5.74, 6) is 0.524. The molecule has 40 heavy (non-hydrogen) atoms. The monoisotopic (exact) mass is 554 g/mol. The number of aromatic amines is 1. The second-order valence-electron chi connectivity index (χ2n) is 10.2. The van der Waals surface area contributed by atoms with Crippen molar-refractivity contribution in [1.29, 1.82) is 0 Å². The predicted molar refractivity (Wildman–Crippen MR) is 142 cm³/mol. The van der Waals surface area contributed by atoms with Crippen molar-refractivity contribution in [3.05, 3.63) is 60.0 Å². The van der Waals surface area contributed by atoms with Gasteiger partial charge >= 0.3 is 5.97 Å². The number of H-pyrrole nitrogens is 1. The van der Waals surface area contributed by atoms with Gasteiger partial charge in [-0.05, 0) is 31.0 Å². The largest absolute Gasteiger partial charge is 0.471 e. The topological polar surface area (TPSA) is 163 Å². The molecule has 6 N–H and O–H groups in total. The van der Waals surface area contributed by atoms with Crippen LogP contribution in [0.25, 0.3) is 10.9 Å². The third-order valence-electron chi connectivity index (χ3n) is 7.87. The van der Waals surface area contributed by atoms with Crippen LogP contribution in [0, 0.1) is 24.2 Å². The van der Waals surface area contributed by atoms with Crippen LogP contribution in [-0.2, 0) is 30.2 Å². The molecule has 4 heterocycles. The number of hydrogen-bond acceptors (Lipinski definition) is 10. The summed E-state index contributed by atoms with van der Waals surface area (Å²) in [6.45, 7) is 3.88. The molecular formula is C29H34N2O9. The van der Waals surface area contributed by atoms with Gasteiger partial charge in [0, 0.05) is 34.5 Å². The lowest BCUT2D eigenvalue weighted by Gasteiger charge is -2.43. The molecule has 5 rings (SSSR count). The number of esters is 1. The molecule has 3 aliphatic heterocycles. The third kappa shape index (κ3) is 5.27. The van der Waals surface area contributed by atoms with Crippen LogP contribution in [0.3, 0.4) is 0 Å². The highest BCUT2D eigenvalue weighted by Crippen LogP contribution is 2.42. The molecule has 1 aromatic heterocycles. The van der Waals surface area contributed by atoms with Crippen LogP contribution in [0.15, 0.2) is 48.8 Å². The maximum Gasteiger partial charge on any atom is 0.338 e. The lowest BCUT2D eigenvalue weighted by Crippen LogP contribution is -2.60. The fourth-order valence-corrected chi connectivity index (χ4v) is 5.82. The maximum absolute atomic E-state index is 13.0. The highest BCUT2D eigenvalue weighted by Gasteiger charge is 2.48. The van der Waals surface area contributed by atoms with Crippen LogP contribution in [-0.4, -0.2) is 88.1 Å². The fourth-order valence-electron chi connectivity index (χ4n) is 5.82. The van der Waals surface area contributed by atoms with Crippen molar-refractivity contribution in [2.45, 2.75) is 55.9 Å². The molecule has 3 aliphatic rings. The van der Waals surface area contributed by atoms with Gasteiger partial charge in [-0.2, -0.15) is 0 Å². The van der Waals surface area contributed by atoms with E-state index >= 15 is 0 Å². The van der Waals surface area contributed by atoms with Gasteiger partial charge in [0.2, 0.25) is 6.29 Å². The summed E-state index contributed by atoms with van der Waals surface area (Å²) in [6, 6.07) is 7.93. The number of terminal acetylenes is 1. The number of carbonyl (C=O) groups excluding carboxylic acids is 1. The highest BCUT2D eigenvalue weighted by molar-refractivity contribution is 5.89. The van der Waals surface area contributed by atoms with E-state index in [0.717, 1.165) is 29.6 Å². The second kappa shape index (κ2) is 12.1. The Morgan fingerprint density at radius 2 is 2.00 bits per heavy atom. The van der Waals surface area contributed by atoms with Gasteiger partial charge in [-0.3, -0.25) is 0 Å². The van der Waals surface area contributed by atoms with Gasteiger partial charge < -0.3 is 49.7 Å². The Morgan fingerprint density at radius 3 is 2.75 bits per heavy atom. The van der Waals surface area contributed by atoms with Gasteiger partial charge in [0.25, 0.3) is 0 Å². The SMILES string of the molecule is C#CCOC(=O)C1=CO[C@@H](O[C@@H]2O[C@H](CO)[C@@H](O)[C@H](O)[C@H]2O)[C@H](C=C)[C@@H]1C[C@@H]1NCCc2c1[nH]c1ccccc21. The minimum Gasteiger partial charge on any atom is -0.471 e. The number of hydrogen-bond donors (Lipinski definition) is 6. The van der Waals surface area contributed by atoms with Gasteiger partial charge in [-0.25, -0.2) is 4.79 Å². The number of benzene rings is 1. The number of aliphatic hydroxyl groups excluding tert-OH is 4. The number of aliphatic hydroxyl groups is 4. The van der Waals surface area contributed by atoms with E-state index < -0.39 is 61.4 Å². The van der Waals surface area contributed by atoms with Gasteiger partial charge in [0.15, 0.2) is 12.9 Å². The molecular weight excluding hydrogens is 520 g/mol. The lowest BCUT2D eigenvalue weighted by molar-refractivity contribution is -0.339. The fraction of sp³-hybridized carbons (Fsp3) is 0.483. The summed E-state index contributed by atoms with van der Waals surface area (Å²) in [7, 11) is 0. The molecule has 0 amide bonds. The Balaban J connectivity index is 1.44. The molecule has 0 spiro atoms. The Labute approximate surface area is 231 Å². The first-order valence-corrected chi connectivity index (χ1v) is 13.2. The van der Waals surface area contributed by atoms with E-state index in [1.165, 1.54) is 11.8 Å². The summed E-state index contributed by atoms with van der Waals surface area (Å²) in [5.41, 5.74) is 3.53. The van der Waals surface area contributed by atoms with Crippen molar-refractivity contribution >= 4 is 16.9 Å². The zero-order valence-corrected chi connectivity index (χ0v) is 21.8. The van der Waals surface area contributed by atoms with Gasteiger partial charge in [0.05, 0.1) is 18.4 Å². The van der Waals surface area contributed by atoms with E-state index in [1.807, 2.05) is 18.2 Å². The maximum atomic E-state index is 13.0. The van der Waals surface area contributed by atoms with Crippen molar-refractivity contribution < 1.29 is 44.2 Å². The number of para-hydroxylation sites is 1.